The summed E-state index contributed by atoms with van der Waals surface area (Å²) in [5.74, 6) is -1.94. The standard InChI is InChI=1S/C21H22ClNO4/c1-10-7-16-19(12(3)11(10)2)20(14-8-13(22)5-6-17(14)24)15(21(26)23-16)9-18(25)27-4/h5-8,15,20,24H,9H2,1-4H3,(H,23,26). The summed E-state index contributed by atoms with van der Waals surface area (Å²) < 4.78 is 4.79. The van der Waals surface area contributed by atoms with E-state index in [2.05, 4.69) is 5.32 Å². The number of amides is 1. The lowest BCUT2D eigenvalue weighted by Gasteiger charge is -2.35. The monoisotopic (exact) mass is 387 g/mol. The molecule has 0 aliphatic carbocycles. The van der Waals surface area contributed by atoms with E-state index in [1.54, 1.807) is 12.1 Å². The molecule has 0 bridgehead atoms. The zero-order valence-electron chi connectivity index (χ0n) is 15.7. The van der Waals surface area contributed by atoms with Crippen molar-refractivity contribution in [3.8, 4) is 5.75 Å². The Hall–Kier alpha value is -2.53. The van der Waals surface area contributed by atoms with E-state index in [1.165, 1.54) is 13.2 Å². The third-order valence-corrected chi connectivity index (χ3v) is 5.69. The lowest BCUT2D eigenvalue weighted by Crippen LogP contribution is -2.36. The van der Waals surface area contributed by atoms with Crippen LogP contribution in [0, 0.1) is 26.7 Å². The van der Waals surface area contributed by atoms with E-state index in [4.69, 9.17) is 16.3 Å². The Bertz CT molecular complexity index is 938. The molecule has 3 rings (SSSR count). The number of halogens is 1. The first-order valence-electron chi connectivity index (χ1n) is 8.71. The summed E-state index contributed by atoms with van der Waals surface area (Å²) in [5, 5.41) is 13.9. The predicted octanol–water partition coefficient (Wildman–Crippen LogP) is 4.23. The van der Waals surface area contributed by atoms with Crippen LogP contribution in [0.3, 0.4) is 0 Å². The fraction of sp³-hybridized carbons (Fsp3) is 0.333. The number of hydrogen-bond donors (Lipinski definition) is 2. The highest BCUT2D eigenvalue weighted by Crippen LogP contribution is 2.47. The van der Waals surface area contributed by atoms with E-state index in [-0.39, 0.29) is 18.1 Å². The Morgan fingerprint density at radius 2 is 1.93 bits per heavy atom. The molecule has 27 heavy (non-hydrogen) atoms. The molecule has 2 atom stereocenters. The fourth-order valence-corrected chi connectivity index (χ4v) is 3.99. The topological polar surface area (TPSA) is 75.6 Å². The number of benzene rings is 2. The van der Waals surface area contributed by atoms with Crippen LogP contribution in [-0.4, -0.2) is 24.1 Å². The number of phenols is 1. The summed E-state index contributed by atoms with van der Waals surface area (Å²) in [7, 11) is 1.29. The van der Waals surface area contributed by atoms with E-state index in [9.17, 15) is 14.7 Å². The third-order valence-electron chi connectivity index (χ3n) is 5.46. The van der Waals surface area contributed by atoms with Crippen LogP contribution in [0.1, 0.15) is 40.2 Å². The number of carbonyl (C=O) groups is 2. The van der Waals surface area contributed by atoms with E-state index < -0.39 is 17.8 Å². The van der Waals surface area contributed by atoms with Crippen molar-refractivity contribution in [2.24, 2.45) is 5.92 Å². The summed E-state index contributed by atoms with van der Waals surface area (Å²) in [6.07, 6.45) is -0.0925. The van der Waals surface area contributed by atoms with Gasteiger partial charge in [0, 0.05) is 22.2 Å². The van der Waals surface area contributed by atoms with E-state index in [0.717, 1.165) is 22.3 Å². The molecule has 0 aromatic heterocycles. The van der Waals surface area contributed by atoms with Crippen molar-refractivity contribution >= 4 is 29.2 Å². The summed E-state index contributed by atoms with van der Waals surface area (Å²) in [5.41, 5.74) is 5.30. The molecule has 1 heterocycles. The van der Waals surface area contributed by atoms with Gasteiger partial charge in [-0.15, -0.1) is 0 Å². The van der Waals surface area contributed by atoms with Crippen LogP contribution in [0.5, 0.6) is 5.75 Å². The maximum absolute atomic E-state index is 12.9. The molecular formula is C21H22ClNO4. The van der Waals surface area contributed by atoms with Crippen molar-refractivity contribution in [3.63, 3.8) is 0 Å². The molecule has 1 aliphatic rings. The average molecular weight is 388 g/mol. The molecule has 0 saturated carbocycles. The van der Waals surface area contributed by atoms with Crippen LogP contribution in [-0.2, 0) is 14.3 Å². The van der Waals surface area contributed by atoms with Crippen LogP contribution in [0.25, 0.3) is 0 Å². The molecule has 1 aliphatic heterocycles. The number of ether oxygens (including phenoxy) is 1. The number of phenolic OH excluding ortho intramolecular Hbond substituents is 1. The highest BCUT2D eigenvalue weighted by atomic mass is 35.5. The molecule has 5 nitrogen and oxygen atoms in total. The van der Waals surface area contributed by atoms with Gasteiger partial charge in [-0.05, 0) is 67.3 Å². The van der Waals surface area contributed by atoms with Crippen LogP contribution in [0.2, 0.25) is 5.02 Å². The minimum Gasteiger partial charge on any atom is -0.508 e. The first-order chi connectivity index (χ1) is 12.7. The highest BCUT2D eigenvalue weighted by Gasteiger charge is 2.41. The number of nitrogens with one attached hydrogen (secondary N) is 1. The normalized spacial score (nSPS) is 18.6. The van der Waals surface area contributed by atoms with Gasteiger partial charge in [-0.3, -0.25) is 9.59 Å². The number of hydrogen-bond acceptors (Lipinski definition) is 4. The zero-order chi connectivity index (χ0) is 19.9. The quantitative estimate of drug-likeness (QED) is 0.772. The van der Waals surface area contributed by atoms with Crippen molar-refractivity contribution in [2.75, 3.05) is 12.4 Å². The summed E-state index contributed by atoms with van der Waals surface area (Å²) >= 11 is 6.17. The minimum atomic E-state index is -0.713. The average Bonchev–Trinajstić information content (AvgIpc) is 2.63. The fourth-order valence-electron chi connectivity index (χ4n) is 3.80. The molecule has 0 saturated heterocycles. The SMILES string of the molecule is COC(=O)CC1C(=O)Nc2cc(C)c(C)c(C)c2C1c1cc(Cl)ccc1O. The Balaban J connectivity index is 2.29. The van der Waals surface area contributed by atoms with Gasteiger partial charge in [0.1, 0.15) is 5.75 Å². The number of anilines is 1. The van der Waals surface area contributed by atoms with Gasteiger partial charge >= 0.3 is 5.97 Å². The van der Waals surface area contributed by atoms with E-state index in [1.807, 2.05) is 26.8 Å². The summed E-state index contributed by atoms with van der Waals surface area (Å²) in [6.45, 7) is 6.00. The van der Waals surface area contributed by atoms with Crippen LogP contribution in [0.4, 0.5) is 5.69 Å². The first kappa shape index (κ1) is 19.2. The molecular weight excluding hydrogens is 366 g/mol. The van der Waals surface area contributed by atoms with E-state index >= 15 is 0 Å². The van der Waals surface area contributed by atoms with Gasteiger partial charge in [-0.1, -0.05) is 11.6 Å². The molecule has 2 aromatic rings. The van der Waals surface area contributed by atoms with Crippen LogP contribution < -0.4 is 5.32 Å². The van der Waals surface area contributed by atoms with Gasteiger partial charge in [-0.2, -0.15) is 0 Å². The van der Waals surface area contributed by atoms with Gasteiger partial charge in [0.2, 0.25) is 5.91 Å². The molecule has 0 radical (unpaired) electrons. The van der Waals surface area contributed by atoms with Crippen LogP contribution >= 0.6 is 11.6 Å². The molecule has 0 fully saturated rings. The van der Waals surface area contributed by atoms with E-state index in [0.29, 0.717) is 16.3 Å². The van der Waals surface area contributed by atoms with Gasteiger partial charge in [0.15, 0.2) is 0 Å². The van der Waals surface area contributed by atoms with Gasteiger partial charge in [-0.25, -0.2) is 0 Å². The number of methoxy groups -OCH3 is 1. The number of aromatic hydroxyl groups is 1. The second-order valence-electron chi connectivity index (χ2n) is 6.96. The second kappa shape index (κ2) is 7.24. The molecule has 1 amide bonds. The molecule has 0 spiro atoms. The van der Waals surface area contributed by atoms with Crippen molar-refractivity contribution in [3.05, 3.63) is 57.1 Å². The van der Waals surface area contributed by atoms with Gasteiger partial charge in [0.05, 0.1) is 19.4 Å². The molecule has 6 heteroatoms. The summed E-state index contributed by atoms with van der Waals surface area (Å²) in [4.78, 5) is 24.8. The number of esters is 1. The molecule has 2 aromatic carbocycles. The Morgan fingerprint density at radius 1 is 1.22 bits per heavy atom. The highest BCUT2D eigenvalue weighted by molar-refractivity contribution is 6.30. The van der Waals surface area contributed by atoms with Crippen molar-refractivity contribution in [2.45, 2.75) is 33.1 Å². The van der Waals surface area contributed by atoms with Crippen molar-refractivity contribution < 1.29 is 19.4 Å². The maximum Gasteiger partial charge on any atom is 0.306 e. The zero-order valence-corrected chi connectivity index (χ0v) is 16.5. The largest absolute Gasteiger partial charge is 0.508 e. The lowest BCUT2D eigenvalue weighted by atomic mass is 9.73. The Labute approximate surface area is 163 Å². The molecule has 2 unspecified atom stereocenters. The predicted molar refractivity (Wildman–Crippen MR) is 104 cm³/mol. The third kappa shape index (κ3) is 3.39. The first-order valence-corrected chi connectivity index (χ1v) is 9.09. The Kier molecular flexibility index (Phi) is 5.16. The summed E-state index contributed by atoms with van der Waals surface area (Å²) in [6, 6.07) is 6.68. The lowest BCUT2D eigenvalue weighted by molar-refractivity contribution is -0.143. The number of rotatable bonds is 3. The smallest absolute Gasteiger partial charge is 0.306 e. The van der Waals surface area contributed by atoms with Crippen molar-refractivity contribution in [1.29, 1.82) is 0 Å². The van der Waals surface area contributed by atoms with Gasteiger partial charge in [0.25, 0.3) is 0 Å². The molecule has 2 N–H and O–H groups in total. The number of carbonyl (C=O) groups excluding carboxylic acids is 2. The van der Waals surface area contributed by atoms with Crippen LogP contribution in [0.15, 0.2) is 24.3 Å². The maximum atomic E-state index is 12.9. The number of fused-ring (bicyclic) bond motifs is 1. The van der Waals surface area contributed by atoms with Crippen molar-refractivity contribution in [1.82, 2.24) is 0 Å². The Morgan fingerprint density at radius 3 is 2.59 bits per heavy atom. The second-order valence-corrected chi connectivity index (χ2v) is 7.40. The minimum absolute atomic E-state index is 0.0394. The number of aryl methyl sites for hydroxylation is 1. The molecule has 142 valence electrons. The van der Waals surface area contributed by atoms with Gasteiger partial charge < -0.3 is 15.2 Å².